The Morgan fingerprint density at radius 1 is 1.39 bits per heavy atom. The van der Waals surface area contributed by atoms with E-state index in [-0.39, 0.29) is 11.7 Å². The first-order chi connectivity index (χ1) is 8.60. The molecule has 98 valence electrons. The van der Waals surface area contributed by atoms with E-state index in [1.165, 1.54) is 18.9 Å². The Bertz CT molecular complexity index is 448. The highest BCUT2D eigenvalue weighted by Crippen LogP contribution is 2.28. The molecule has 0 atom stereocenters. The number of anilines is 1. The third-order valence-electron chi connectivity index (χ3n) is 2.12. The molecule has 0 aliphatic heterocycles. The third kappa shape index (κ3) is 3.66. The number of carbonyl (C=O) groups is 2. The number of nitrogen functional groups attached to an aromatic ring is 1. The number of ether oxygens (including phenoxy) is 2. The van der Waals surface area contributed by atoms with Crippen molar-refractivity contribution in [2.45, 2.75) is 11.8 Å². The maximum absolute atomic E-state index is 11.4. The molecule has 0 aliphatic carbocycles. The number of nitrogens with two attached hydrogens (primary N) is 1. The summed E-state index contributed by atoms with van der Waals surface area (Å²) < 4.78 is 9.43. The van der Waals surface area contributed by atoms with Gasteiger partial charge < -0.3 is 15.2 Å². The molecule has 0 aliphatic rings. The quantitative estimate of drug-likeness (QED) is 0.498. The third-order valence-corrected chi connectivity index (χ3v) is 3.17. The van der Waals surface area contributed by atoms with Crippen LogP contribution in [0.3, 0.4) is 0 Å². The normalized spacial score (nSPS) is 9.89. The van der Waals surface area contributed by atoms with Crippen LogP contribution < -0.4 is 5.73 Å². The molecule has 0 radical (unpaired) electrons. The van der Waals surface area contributed by atoms with Crippen LogP contribution in [0.25, 0.3) is 0 Å². The van der Waals surface area contributed by atoms with Gasteiger partial charge in [0.1, 0.15) is 0 Å². The summed E-state index contributed by atoms with van der Waals surface area (Å²) in [6.07, 6.45) is 0. The van der Waals surface area contributed by atoms with Gasteiger partial charge in [-0.2, -0.15) is 0 Å². The van der Waals surface area contributed by atoms with Crippen LogP contribution in [0.5, 0.6) is 0 Å². The van der Waals surface area contributed by atoms with Gasteiger partial charge in [0.15, 0.2) is 0 Å². The predicted octanol–water partition coefficient (Wildman–Crippen LogP) is 1.71. The Balaban J connectivity index is 2.78. The second kappa shape index (κ2) is 6.90. The summed E-state index contributed by atoms with van der Waals surface area (Å²) >= 11 is 1.23. The molecule has 1 aromatic carbocycles. The molecule has 2 N–H and O–H groups in total. The van der Waals surface area contributed by atoms with Crippen LogP contribution in [-0.4, -0.2) is 31.4 Å². The van der Waals surface area contributed by atoms with Gasteiger partial charge in [-0.25, -0.2) is 4.79 Å². The second-order valence-corrected chi connectivity index (χ2v) is 4.32. The zero-order valence-electron chi connectivity index (χ0n) is 10.3. The smallest absolute Gasteiger partial charge is 0.339 e. The molecule has 1 rings (SSSR count). The molecule has 0 saturated carbocycles. The van der Waals surface area contributed by atoms with Gasteiger partial charge in [-0.05, 0) is 19.1 Å². The van der Waals surface area contributed by atoms with Gasteiger partial charge in [-0.3, -0.25) is 4.79 Å². The Kier molecular flexibility index (Phi) is 5.51. The van der Waals surface area contributed by atoms with Crippen LogP contribution in [0.15, 0.2) is 23.1 Å². The number of esters is 2. The first-order valence-electron chi connectivity index (χ1n) is 5.35. The lowest BCUT2D eigenvalue weighted by Gasteiger charge is -2.08. The minimum absolute atomic E-state index is 0.155. The van der Waals surface area contributed by atoms with Crippen molar-refractivity contribution in [2.75, 3.05) is 25.2 Å². The van der Waals surface area contributed by atoms with E-state index in [9.17, 15) is 9.59 Å². The number of hydrogen-bond donors (Lipinski definition) is 1. The Morgan fingerprint density at radius 3 is 2.72 bits per heavy atom. The van der Waals surface area contributed by atoms with Crippen LogP contribution >= 0.6 is 11.8 Å². The molecule has 0 amide bonds. The number of benzene rings is 1. The minimum Gasteiger partial charge on any atom is -0.465 e. The monoisotopic (exact) mass is 269 g/mol. The van der Waals surface area contributed by atoms with Crippen molar-refractivity contribution in [1.29, 1.82) is 0 Å². The van der Waals surface area contributed by atoms with Crippen molar-refractivity contribution >= 4 is 29.4 Å². The topological polar surface area (TPSA) is 78.6 Å². The Labute approximate surface area is 110 Å². The fourth-order valence-corrected chi connectivity index (χ4v) is 2.09. The largest absolute Gasteiger partial charge is 0.465 e. The first-order valence-corrected chi connectivity index (χ1v) is 6.34. The first kappa shape index (κ1) is 14.4. The SMILES string of the molecule is CCOC(=O)CSc1cccc(C(=O)OC)c1N. The molecule has 0 fully saturated rings. The van der Waals surface area contributed by atoms with Gasteiger partial charge in [0.2, 0.25) is 0 Å². The van der Waals surface area contributed by atoms with Crippen LogP contribution in [0, 0.1) is 0 Å². The van der Waals surface area contributed by atoms with Crippen LogP contribution in [0.2, 0.25) is 0 Å². The van der Waals surface area contributed by atoms with Crippen LogP contribution in [-0.2, 0) is 14.3 Å². The molecular weight excluding hydrogens is 254 g/mol. The van der Waals surface area contributed by atoms with Gasteiger partial charge in [-0.15, -0.1) is 11.8 Å². The van der Waals surface area contributed by atoms with E-state index >= 15 is 0 Å². The Hall–Kier alpha value is -1.69. The number of methoxy groups -OCH3 is 1. The lowest BCUT2D eigenvalue weighted by molar-refractivity contribution is -0.139. The molecule has 1 aromatic rings. The second-order valence-electron chi connectivity index (χ2n) is 3.30. The summed E-state index contributed by atoms with van der Waals surface area (Å²) in [5.41, 5.74) is 6.46. The molecule has 0 bridgehead atoms. The molecule has 6 heteroatoms. The highest BCUT2D eigenvalue weighted by Gasteiger charge is 2.14. The fourth-order valence-electron chi connectivity index (χ4n) is 1.30. The van der Waals surface area contributed by atoms with Gasteiger partial charge in [-0.1, -0.05) is 6.07 Å². The van der Waals surface area contributed by atoms with Crippen LogP contribution in [0.1, 0.15) is 17.3 Å². The summed E-state index contributed by atoms with van der Waals surface area (Å²) in [5.74, 6) is -0.653. The van der Waals surface area contributed by atoms with Crippen molar-refractivity contribution in [2.24, 2.45) is 0 Å². The Morgan fingerprint density at radius 2 is 2.11 bits per heavy atom. The molecule has 0 aromatic heterocycles. The van der Waals surface area contributed by atoms with E-state index in [4.69, 9.17) is 10.5 Å². The van der Waals surface area contributed by atoms with E-state index in [1.807, 2.05) is 0 Å². The fraction of sp³-hybridized carbons (Fsp3) is 0.333. The number of carbonyl (C=O) groups excluding carboxylic acids is 2. The molecular formula is C12H15NO4S. The van der Waals surface area contributed by atoms with Gasteiger partial charge >= 0.3 is 11.9 Å². The highest BCUT2D eigenvalue weighted by atomic mass is 32.2. The average molecular weight is 269 g/mol. The van der Waals surface area contributed by atoms with Gasteiger partial charge in [0.25, 0.3) is 0 Å². The molecule has 18 heavy (non-hydrogen) atoms. The lowest BCUT2D eigenvalue weighted by Crippen LogP contribution is -2.09. The predicted molar refractivity (Wildman–Crippen MR) is 69.6 cm³/mol. The van der Waals surface area contributed by atoms with E-state index in [0.717, 1.165) is 0 Å². The van der Waals surface area contributed by atoms with Crippen molar-refractivity contribution in [1.82, 2.24) is 0 Å². The number of rotatable bonds is 5. The van der Waals surface area contributed by atoms with E-state index < -0.39 is 5.97 Å². The number of hydrogen-bond acceptors (Lipinski definition) is 6. The molecule has 0 heterocycles. The maximum atomic E-state index is 11.4. The number of thioether (sulfide) groups is 1. The summed E-state index contributed by atoms with van der Waals surface area (Å²) in [5, 5.41) is 0. The molecule has 0 unspecified atom stereocenters. The molecule has 0 spiro atoms. The molecule has 0 saturated heterocycles. The average Bonchev–Trinajstić information content (AvgIpc) is 2.37. The standard InChI is InChI=1S/C12H15NO4S/c1-3-17-10(14)7-18-9-6-4-5-8(11(9)13)12(15)16-2/h4-6H,3,7,13H2,1-2H3. The lowest BCUT2D eigenvalue weighted by atomic mass is 10.2. The zero-order valence-corrected chi connectivity index (χ0v) is 11.1. The van der Waals surface area contributed by atoms with Crippen LogP contribution in [0.4, 0.5) is 5.69 Å². The van der Waals surface area contributed by atoms with Gasteiger partial charge in [0.05, 0.1) is 30.7 Å². The van der Waals surface area contributed by atoms with E-state index in [1.54, 1.807) is 25.1 Å². The summed E-state index contributed by atoms with van der Waals surface area (Å²) in [6.45, 7) is 2.09. The highest BCUT2D eigenvalue weighted by molar-refractivity contribution is 8.00. The van der Waals surface area contributed by atoms with Crippen molar-refractivity contribution in [3.63, 3.8) is 0 Å². The zero-order chi connectivity index (χ0) is 13.5. The van der Waals surface area contributed by atoms with Crippen molar-refractivity contribution in [3.8, 4) is 0 Å². The number of para-hydroxylation sites is 1. The van der Waals surface area contributed by atoms with Crippen molar-refractivity contribution < 1.29 is 19.1 Å². The summed E-state index contributed by atoms with van der Waals surface area (Å²) in [6, 6.07) is 5.01. The van der Waals surface area contributed by atoms with E-state index in [0.29, 0.717) is 22.8 Å². The van der Waals surface area contributed by atoms with E-state index in [2.05, 4.69) is 4.74 Å². The molecule has 5 nitrogen and oxygen atoms in total. The van der Waals surface area contributed by atoms with Crippen molar-refractivity contribution in [3.05, 3.63) is 23.8 Å². The maximum Gasteiger partial charge on any atom is 0.339 e. The summed E-state index contributed by atoms with van der Waals surface area (Å²) in [7, 11) is 1.29. The van der Waals surface area contributed by atoms with Gasteiger partial charge in [0, 0.05) is 4.90 Å². The minimum atomic E-state index is -0.494. The summed E-state index contributed by atoms with van der Waals surface area (Å²) in [4.78, 5) is 23.3.